The van der Waals surface area contributed by atoms with E-state index in [2.05, 4.69) is 35.8 Å². The van der Waals surface area contributed by atoms with Crippen LogP contribution in [0, 0.1) is 11.3 Å². The standard InChI is InChI=1S/C32H35N3O3/c1-32(2)26-17-28(35-11-9-34(10-12-35)22-4-3-5-22)29(38-23-8-13-37-19-23)16-25(26)31(36)30-24-7-6-20(18-33)14-21(24)15-27(30)32/h6-7,14,16-17,22-23H,3-5,8-13,15,19H2,1-2H3. The maximum Gasteiger partial charge on any atom is 0.194 e. The van der Waals surface area contributed by atoms with Crippen molar-refractivity contribution in [2.24, 2.45) is 0 Å². The summed E-state index contributed by atoms with van der Waals surface area (Å²) < 4.78 is 12.2. The van der Waals surface area contributed by atoms with E-state index in [1.54, 1.807) is 0 Å². The minimum absolute atomic E-state index is 0.0150. The van der Waals surface area contributed by atoms with E-state index < -0.39 is 0 Å². The van der Waals surface area contributed by atoms with Crippen molar-refractivity contribution in [3.63, 3.8) is 0 Å². The van der Waals surface area contributed by atoms with E-state index in [0.717, 1.165) is 77.9 Å². The monoisotopic (exact) mass is 509 g/mol. The number of carbonyl (C=O) groups is 1. The van der Waals surface area contributed by atoms with Crippen LogP contribution in [-0.2, 0) is 16.6 Å². The van der Waals surface area contributed by atoms with Crippen molar-refractivity contribution in [2.45, 2.75) is 63.5 Å². The number of benzene rings is 2. The first-order chi connectivity index (χ1) is 18.4. The van der Waals surface area contributed by atoms with Gasteiger partial charge in [0.05, 0.1) is 30.5 Å². The maximum absolute atomic E-state index is 14.1. The van der Waals surface area contributed by atoms with Crippen LogP contribution in [0.2, 0.25) is 0 Å². The molecule has 0 aromatic heterocycles. The largest absolute Gasteiger partial charge is 0.486 e. The Hall–Kier alpha value is -3.14. The lowest BCUT2D eigenvalue weighted by Gasteiger charge is -2.44. The topological polar surface area (TPSA) is 65.8 Å². The molecule has 0 spiro atoms. The number of nitriles is 1. The molecule has 7 rings (SSSR count). The van der Waals surface area contributed by atoms with Crippen molar-refractivity contribution in [1.82, 2.24) is 4.90 Å². The number of allylic oxidation sites excluding steroid dienone is 2. The molecule has 1 unspecified atom stereocenters. The molecule has 2 saturated heterocycles. The molecular weight excluding hydrogens is 474 g/mol. The molecule has 2 aromatic carbocycles. The van der Waals surface area contributed by atoms with Crippen LogP contribution in [0.4, 0.5) is 5.69 Å². The molecule has 5 aliphatic rings. The van der Waals surface area contributed by atoms with Crippen molar-refractivity contribution in [3.8, 4) is 11.8 Å². The summed E-state index contributed by atoms with van der Waals surface area (Å²) in [5.41, 5.74) is 7.32. The summed E-state index contributed by atoms with van der Waals surface area (Å²) in [6.07, 6.45) is 5.63. The first-order valence-corrected chi connectivity index (χ1v) is 14.2. The van der Waals surface area contributed by atoms with Crippen LogP contribution in [0.3, 0.4) is 0 Å². The third-order valence-electron chi connectivity index (χ3n) is 9.60. The van der Waals surface area contributed by atoms with Gasteiger partial charge in [0.15, 0.2) is 5.78 Å². The molecule has 3 fully saturated rings. The number of Topliss-reactive ketones (excluding diaryl/α,β-unsaturated/α-hetero) is 1. The fourth-order valence-electron chi connectivity index (χ4n) is 7.06. The van der Waals surface area contributed by atoms with Gasteiger partial charge in [-0.05, 0) is 65.8 Å². The molecule has 2 heterocycles. The number of carbonyl (C=O) groups excluding carboxylic acids is 1. The zero-order chi connectivity index (χ0) is 26.0. The third-order valence-corrected chi connectivity index (χ3v) is 9.60. The van der Waals surface area contributed by atoms with E-state index in [-0.39, 0.29) is 17.3 Å². The summed E-state index contributed by atoms with van der Waals surface area (Å²) in [5.74, 6) is 0.884. The molecule has 196 valence electrons. The molecule has 38 heavy (non-hydrogen) atoms. The highest BCUT2D eigenvalue weighted by Crippen LogP contribution is 2.52. The van der Waals surface area contributed by atoms with Crippen LogP contribution >= 0.6 is 0 Å². The predicted octanol–water partition coefficient (Wildman–Crippen LogP) is 4.88. The van der Waals surface area contributed by atoms with Gasteiger partial charge in [-0.1, -0.05) is 26.3 Å². The molecule has 6 heteroatoms. The average molecular weight is 510 g/mol. The van der Waals surface area contributed by atoms with Crippen LogP contribution in [0.15, 0.2) is 35.9 Å². The van der Waals surface area contributed by atoms with E-state index in [9.17, 15) is 10.1 Å². The fourth-order valence-corrected chi connectivity index (χ4v) is 7.06. The molecule has 0 amide bonds. The second-order valence-corrected chi connectivity index (χ2v) is 12.0. The lowest BCUT2D eigenvalue weighted by Crippen LogP contribution is -2.52. The fraction of sp³-hybridized carbons (Fsp3) is 0.500. The Morgan fingerprint density at radius 3 is 2.55 bits per heavy atom. The Kier molecular flexibility index (Phi) is 5.65. The number of hydrogen-bond acceptors (Lipinski definition) is 6. The lowest BCUT2D eigenvalue weighted by atomic mass is 9.68. The van der Waals surface area contributed by atoms with Gasteiger partial charge < -0.3 is 14.4 Å². The van der Waals surface area contributed by atoms with Gasteiger partial charge >= 0.3 is 0 Å². The van der Waals surface area contributed by atoms with E-state index in [4.69, 9.17) is 9.47 Å². The lowest BCUT2D eigenvalue weighted by molar-refractivity contribution is 0.104. The summed E-state index contributed by atoms with van der Waals surface area (Å²) >= 11 is 0. The number of anilines is 1. The van der Waals surface area contributed by atoms with Crippen LogP contribution in [-0.4, -0.2) is 62.2 Å². The summed E-state index contributed by atoms with van der Waals surface area (Å²) in [6.45, 7) is 9.88. The quantitative estimate of drug-likeness (QED) is 0.585. The summed E-state index contributed by atoms with van der Waals surface area (Å²) in [6, 6.07) is 13.0. The summed E-state index contributed by atoms with van der Waals surface area (Å²) in [5, 5.41) is 9.43. The number of ketones is 1. The van der Waals surface area contributed by atoms with Gasteiger partial charge in [0, 0.05) is 55.2 Å². The van der Waals surface area contributed by atoms with Crippen LogP contribution in [0.25, 0.3) is 5.57 Å². The summed E-state index contributed by atoms with van der Waals surface area (Å²) in [4.78, 5) is 19.2. The predicted molar refractivity (Wildman–Crippen MR) is 147 cm³/mol. The van der Waals surface area contributed by atoms with E-state index >= 15 is 0 Å². The maximum atomic E-state index is 14.1. The zero-order valence-electron chi connectivity index (χ0n) is 22.4. The normalized spacial score (nSPS) is 24.5. The van der Waals surface area contributed by atoms with Gasteiger partial charge in [0.2, 0.25) is 0 Å². The molecule has 2 aromatic rings. The van der Waals surface area contributed by atoms with Crippen molar-refractivity contribution in [2.75, 3.05) is 44.3 Å². The van der Waals surface area contributed by atoms with Gasteiger partial charge in [-0.15, -0.1) is 0 Å². The van der Waals surface area contributed by atoms with Gasteiger partial charge in [-0.3, -0.25) is 9.69 Å². The highest BCUT2D eigenvalue weighted by Gasteiger charge is 2.44. The Morgan fingerprint density at radius 2 is 1.87 bits per heavy atom. The molecule has 6 nitrogen and oxygen atoms in total. The van der Waals surface area contributed by atoms with Crippen molar-refractivity contribution >= 4 is 17.0 Å². The molecular formula is C32H35N3O3. The van der Waals surface area contributed by atoms with Gasteiger partial charge in [0.1, 0.15) is 11.9 Å². The van der Waals surface area contributed by atoms with Crippen molar-refractivity contribution < 1.29 is 14.3 Å². The Labute approximate surface area is 224 Å². The minimum atomic E-state index is -0.304. The van der Waals surface area contributed by atoms with Crippen LogP contribution < -0.4 is 9.64 Å². The Bertz CT molecular complexity index is 1380. The van der Waals surface area contributed by atoms with E-state index in [0.29, 0.717) is 25.2 Å². The molecule has 0 bridgehead atoms. The second kappa shape index (κ2) is 8.97. The summed E-state index contributed by atoms with van der Waals surface area (Å²) in [7, 11) is 0. The second-order valence-electron chi connectivity index (χ2n) is 12.0. The third kappa shape index (κ3) is 3.71. The number of ether oxygens (including phenoxy) is 2. The number of hydrogen-bond donors (Lipinski definition) is 0. The molecule has 0 N–H and O–H groups in total. The minimum Gasteiger partial charge on any atom is -0.486 e. The molecule has 0 radical (unpaired) electrons. The van der Waals surface area contributed by atoms with Gasteiger partial charge in [-0.25, -0.2) is 0 Å². The van der Waals surface area contributed by atoms with E-state index in [1.807, 2.05) is 24.3 Å². The zero-order valence-corrected chi connectivity index (χ0v) is 22.4. The number of piperazine rings is 1. The molecule has 1 saturated carbocycles. The number of nitrogens with zero attached hydrogens (tertiary/aromatic N) is 3. The van der Waals surface area contributed by atoms with Crippen molar-refractivity contribution in [1.29, 1.82) is 5.26 Å². The Balaban J connectivity index is 1.28. The van der Waals surface area contributed by atoms with Crippen LogP contribution in [0.5, 0.6) is 5.75 Å². The molecule has 3 aliphatic carbocycles. The SMILES string of the molecule is CC1(C)C2=C(C(=O)c3cc(OC4CCOC4)c(N4CCN(C5CCC5)CC4)cc31)c1ccc(C#N)cc1C2. The highest BCUT2D eigenvalue weighted by molar-refractivity contribution is 6.33. The van der Waals surface area contributed by atoms with E-state index in [1.165, 1.54) is 24.8 Å². The Morgan fingerprint density at radius 1 is 1.05 bits per heavy atom. The van der Waals surface area contributed by atoms with Crippen molar-refractivity contribution in [3.05, 3.63) is 63.7 Å². The smallest absolute Gasteiger partial charge is 0.194 e. The first kappa shape index (κ1) is 23.9. The molecule has 2 aliphatic heterocycles. The van der Waals surface area contributed by atoms with Gasteiger partial charge in [0.25, 0.3) is 0 Å². The average Bonchev–Trinajstić information content (AvgIpc) is 3.54. The van der Waals surface area contributed by atoms with Crippen LogP contribution in [0.1, 0.15) is 72.1 Å². The highest BCUT2D eigenvalue weighted by atomic mass is 16.5. The molecule has 1 atom stereocenters. The van der Waals surface area contributed by atoms with Gasteiger partial charge in [-0.2, -0.15) is 5.26 Å². The number of fused-ring (bicyclic) bond motifs is 3. The first-order valence-electron chi connectivity index (χ1n) is 14.2. The number of rotatable bonds is 4.